The Labute approximate surface area is 416 Å². The number of sulfonamides is 1. The molecule has 1 atom stereocenters. The Hall–Kier alpha value is -5.03. The molecule has 3 N–H and O–H groups in total. The molecule has 2 aliphatic heterocycles. The molecule has 3 heterocycles. The first kappa shape index (κ1) is 50.4. The van der Waals surface area contributed by atoms with E-state index in [1.165, 1.54) is 23.3 Å². The smallest absolute Gasteiger partial charge is 0.261 e. The Kier molecular flexibility index (Phi) is 15.7. The number of thioether (sulfide) groups is 1. The zero-order valence-electron chi connectivity index (χ0n) is 39.8. The van der Waals surface area contributed by atoms with Crippen LogP contribution in [0.4, 0.5) is 27.1 Å². The van der Waals surface area contributed by atoms with Gasteiger partial charge in [0.25, 0.3) is 10.0 Å². The van der Waals surface area contributed by atoms with Crippen molar-refractivity contribution >= 4 is 66.0 Å². The van der Waals surface area contributed by atoms with Gasteiger partial charge in [-0.05, 0) is 149 Å². The molecule has 5 aromatic carbocycles. The maximum absolute atomic E-state index is 15.7. The maximum Gasteiger partial charge on any atom is 0.261 e. The summed E-state index contributed by atoms with van der Waals surface area (Å²) in [5.74, 6) is 0.379. The number of halogens is 2. The van der Waals surface area contributed by atoms with Crippen molar-refractivity contribution in [1.29, 1.82) is 0 Å². The van der Waals surface area contributed by atoms with Crippen LogP contribution in [-0.4, -0.2) is 101 Å². The zero-order chi connectivity index (χ0) is 49.0. The Morgan fingerprint density at radius 3 is 2.06 bits per heavy atom. The molecule has 8 rings (SSSR count). The van der Waals surface area contributed by atoms with Gasteiger partial charge in [-0.1, -0.05) is 41.9 Å². The number of anilines is 4. The van der Waals surface area contributed by atoms with Crippen LogP contribution in [0.5, 0.6) is 0 Å². The van der Waals surface area contributed by atoms with Crippen molar-refractivity contribution in [2.75, 3.05) is 77.7 Å². The molecule has 0 radical (unpaired) electrons. The van der Waals surface area contributed by atoms with E-state index in [0.29, 0.717) is 65.1 Å². The highest BCUT2D eigenvalue weighted by atomic mass is 35.5. The van der Waals surface area contributed by atoms with E-state index in [-0.39, 0.29) is 28.0 Å². The lowest BCUT2D eigenvalue weighted by atomic mass is 9.99. The third kappa shape index (κ3) is 12.1. The van der Waals surface area contributed by atoms with Crippen LogP contribution in [0.3, 0.4) is 0 Å². The number of aryl methyl sites for hydroxylation is 1. The highest BCUT2D eigenvalue weighted by Gasteiger charge is 2.31. The molecule has 0 amide bonds. The van der Waals surface area contributed by atoms with Crippen LogP contribution in [0.25, 0.3) is 22.4 Å². The number of hydrogen-bond donors (Lipinski definition) is 3. The van der Waals surface area contributed by atoms with Gasteiger partial charge in [-0.15, -0.1) is 11.8 Å². The molecule has 0 saturated carbocycles. The van der Waals surface area contributed by atoms with Gasteiger partial charge in [-0.25, -0.2) is 21.2 Å². The van der Waals surface area contributed by atoms with Crippen LogP contribution in [-0.2, 0) is 19.9 Å². The van der Waals surface area contributed by atoms with Crippen molar-refractivity contribution < 1.29 is 26.3 Å². The van der Waals surface area contributed by atoms with E-state index < -0.39 is 25.7 Å². The number of piperazine rings is 1. The van der Waals surface area contributed by atoms with E-state index in [9.17, 15) is 21.9 Å². The Balaban J connectivity index is 0.926. The monoisotopic (exact) mass is 1010 g/mol. The number of benzene rings is 5. The Bertz CT molecular complexity index is 2960. The van der Waals surface area contributed by atoms with Gasteiger partial charge in [0.1, 0.15) is 5.82 Å². The van der Waals surface area contributed by atoms with Crippen LogP contribution in [0.1, 0.15) is 50.4 Å². The quantitative estimate of drug-likeness (QED) is 0.0760. The number of aliphatic hydroxyl groups excluding tert-OH is 1. The van der Waals surface area contributed by atoms with E-state index >= 15 is 4.39 Å². The summed E-state index contributed by atoms with van der Waals surface area (Å²) in [7, 11) is -7.63. The summed E-state index contributed by atoms with van der Waals surface area (Å²) in [4.78, 5) is 8.27. The molecule has 11 nitrogen and oxygen atoms in total. The lowest BCUT2D eigenvalue weighted by Crippen LogP contribution is -2.46. The second kappa shape index (κ2) is 21.5. The van der Waals surface area contributed by atoms with Gasteiger partial charge in [0.15, 0.2) is 9.84 Å². The minimum Gasteiger partial charge on any atom is -0.393 e. The lowest BCUT2D eigenvalue weighted by Gasteiger charge is -2.37. The van der Waals surface area contributed by atoms with E-state index in [2.05, 4.69) is 36.9 Å². The van der Waals surface area contributed by atoms with Crippen molar-refractivity contribution in [3.8, 4) is 22.4 Å². The van der Waals surface area contributed by atoms with E-state index in [1.54, 1.807) is 55.1 Å². The third-order valence-electron chi connectivity index (χ3n) is 13.1. The first-order valence-corrected chi connectivity index (χ1v) is 28.3. The highest BCUT2D eigenvalue weighted by Crippen LogP contribution is 2.45. The molecule has 1 aromatic heterocycles. The summed E-state index contributed by atoms with van der Waals surface area (Å²) in [5, 5.41) is 14.3. The van der Waals surface area contributed by atoms with Crippen molar-refractivity contribution in [2.24, 2.45) is 0 Å². The maximum atomic E-state index is 15.7. The number of likely N-dealkylation sites (tertiary alicyclic amines) is 1. The van der Waals surface area contributed by atoms with Crippen molar-refractivity contribution in [1.82, 2.24) is 9.47 Å². The molecule has 2 fully saturated rings. The number of piperidine rings is 1. The number of sulfone groups is 1. The molecule has 69 heavy (non-hydrogen) atoms. The summed E-state index contributed by atoms with van der Waals surface area (Å²) >= 11 is 8.06. The minimum atomic E-state index is -3.90. The van der Waals surface area contributed by atoms with E-state index in [0.717, 1.165) is 67.2 Å². The predicted molar refractivity (Wildman–Crippen MR) is 282 cm³/mol. The lowest BCUT2D eigenvalue weighted by molar-refractivity contribution is 0.0817. The van der Waals surface area contributed by atoms with Crippen molar-refractivity contribution in [3.63, 3.8) is 0 Å². The van der Waals surface area contributed by atoms with Crippen LogP contribution in [0.2, 0.25) is 5.02 Å². The molecular weight excluding hydrogens is 951 g/mol. The Morgan fingerprint density at radius 2 is 1.43 bits per heavy atom. The number of hydrogen-bond acceptors (Lipinski definition) is 10. The summed E-state index contributed by atoms with van der Waals surface area (Å²) in [6.45, 7) is 12.8. The van der Waals surface area contributed by atoms with Gasteiger partial charge in [0, 0.05) is 114 Å². The van der Waals surface area contributed by atoms with E-state index in [4.69, 9.17) is 11.6 Å². The second-order valence-electron chi connectivity index (χ2n) is 18.5. The fraction of sp³-hybridized carbons (Fsp3) is 0.358. The number of nitrogens with one attached hydrogen (secondary N) is 2. The first-order valence-electron chi connectivity index (χ1n) is 23.5. The number of aromatic nitrogens is 1. The van der Waals surface area contributed by atoms with Crippen LogP contribution in [0, 0.1) is 19.7 Å². The average Bonchev–Trinajstić information content (AvgIpc) is 3.65. The van der Waals surface area contributed by atoms with Gasteiger partial charge < -0.3 is 29.7 Å². The summed E-state index contributed by atoms with van der Waals surface area (Å²) in [6, 6.07) is 35.0. The molecule has 366 valence electrons. The summed E-state index contributed by atoms with van der Waals surface area (Å²) in [6.07, 6.45) is 3.49. The molecule has 6 aromatic rings. The van der Waals surface area contributed by atoms with Gasteiger partial charge in [-0.3, -0.25) is 4.72 Å². The predicted octanol–water partition coefficient (Wildman–Crippen LogP) is 10.8. The van der Waals surface area contributed by atoms with Gasteiger partial charge in [-0.2, -0.15) is 0 Å². The van der Waals surface area contributed by atoms with Crippen LogP contribution < -0.4 is 19.8 Å². The molecule has 16 heteroatoms. The van der Waals surface area contributed by atoms with E-state index in [1.807, 2.05) is 79.9 Å². The van der Waals surface area contributed by atoms with Crippen molar-refractivity contribution in [2.45, 2.75) is 79.8 Å². The normalized spacial score (nSPS) is 15.7. The fourth-order valence-corrected chi connectivity index (χ4v) is 13.1. The SMILES string of the molecule is Cc1cc(S(=O)(=O)Nc2ccc(N3CCN(c4cc(F)cc(-c5c(S(C)(=O)=O)c(C)n(C(C)C)c5-c5ccc(Cl)cc5)c4)CC3)cc2)ccc1N[C@H](CCN1CCC(O)CC1)CSc1ccccc1. The molecule has 0 aliphatic carbocycles. The van der Waals surface area contributed by atoms with Gasteiger partial charge in [0.2, 0.25) is 0 Å². The fourth-order valence-electron chi connectivity index (χ4n) is 9.60. The summed E-state index contributed by atoms with van der Waals surface area (Å²) < 4.78 is 74.9. The second-order valence-corrected chi connectivity index (χ2v) is 23.7. The standard InChI is InChI=1S/C53H62ClFN6O5S3/c1-36(2)61-38(4)53(68(5,63)64)51(52(61)39-11-13-41(54)14-12-39)40-32-42(55)34-46(33-40)60-29-27-59(28-30-60)45-17-15-43(16-18-45)57-69(65,66)49-19-20-50(37(3)31-49)56-44(35-67-48-9-7-6-8-10-48)21-24-58-25-22-47(62)23-26-58/h6-20,31-34,36,44,47,56-57,62H,21-30,35H2,1-5H3/t44-/m1/s1. The van der Waals surface area contributed by atoms with Crippen LogP contribution >= 0.6 is 23.4 Å². The number of nitrogens with zero attached hydrogens (tertiary/aromatic N) is 4. The molecule has 2 aliphatic rings. The minimum absolute atomic E-state index is 0.0861. The molecule has 0 spiro atoms. The summed E-state index contributed by atoms with van der Waals surface area (Å²) in [5.41, 5.74) is 6.75. The largest absolute Gasteiger partial charge is 0.393 e. The number of rotatable bonds is 17. The topological polar surface area (TPSA) is 127 Å². The zero-order valence-corrected chi connectivity index (χ0v) is 43.0. The first-order chi connectivity index (χ1) is 32.9. The molecule has 0 unspecified atom stereocenters. The third-order valence-corrected chi connectivity index (χ3v) is 17.2. The van der Waals surface area contributed by atoms with Gasteiger partial charge in [0.05, 0.1) is 21.6 Å². The average molecular weight is 1010 g/mol. The van der Waals surface area contributed by atoms with Crippen molar-refractivity contribution in [3.05, 3.63) is 137 Å². The van der Waals surface area contributed by atoms with Crippen LogP contribution in [0.15, 0.2) is 130 Å². The Morgan fingerprint density at radius 1 is 0.783 bits per heavy atom. The number of aliphatic hydroxyl groups is 1. The molecule has 0 bridgehead atoms. The molecule has 2 saturated heterocycles. The molecular formula is C53H62ClFN6O5S3. The van der Waals surface area contributed by atoms with Gasteiger partial charge >= 0.3 is 0 Å². The highest BCUT2D eigenvalue weighted by molar-refractivity contribution is 7.99.